The lowest BCUT2D eigenvalue weighted by molar-refractivity contribution is -0.384. The number of thiophene rings is 1. The van der Waals surface area contributed by atoms with Crippen molar-refractivity contribution in [1.82, 2.24) is 0 Å². The van der Waals surface area contributed by atoms with E-state index < -0.39 is 23.4 Å². The fourth-order valence-electron chi connectivity index (χ4n) is 2.45. The molecule has 0 fully saturated rings. The Labute approximate surface area is 178 Å². The van der Waals surface area contributed by atoms with E-state index in [4.69, 9.17) is 32.7 Å². The number of halogens is 2. The molecule has 0 saturated heterocycles. The molecule has 11 heteroatoms. The monoisotopic (exact) mass is 454 g/mol. The number of hydrogen-bond acceptors (Lipinski definition) is 7. The molecule has 8 nitrogen and oxygen atoms in total. The predicted molar refractivity (Wildman–Crippen MR) is 110 cm³/mol. The van der Waals surface area contributed by atoms with Crippen molar-refractivity contribution in [2.75, 3.05) is 19.0 Å². The van der Waals surface area contributed by atoms with Gasteiger partial charge in [0, 0.05) is 21.2 Å². The number of fused-ring (bicyclic) bond motifs is 1. The highest BCUT2D eigenvalue weighted by atomic mass is 35.5. The van der Waals surface area contributed by atoms with Crippen molar-refractivity contribution >= 4 is 67.9 Å². The minimum Gasteiger partial charge on any atom is -0.494 e. The third-order valence-electron chi connectivity index (χ3n) is 3.78. The molecular formula is C18H12Cl2N2O6S. The molecule has 0 unspecified atom stereocenters. The summed E-state index contributed by atoms with van der Waals surface area (Å²) in [6.07, 6.45) is 0. The summed E-state index contributed by atoms with van der Waals surface area (Å²) in [5, 5.41) is 14.7. The van der Waals surface area contributed by atoms with E-state index >= 15 is 0 Å². The van der Waals surface area contributed by atoms with Gasteiger partial charge in [0.25, 0.3) is 11.6 Å². The number of nitrogens with zero attached hydrogens (tertiary/aromatic N) is 1. The Balaban J connectivity index is 1.67. The number of nitro benzene ring substituents is 1. The number of benzene rings is 2. The first-order valence-electron chi connectivity index (χ1n) is 7.97. The molecule has 29 heavy (non-hydrogen) atoms. The summed E-state index contributed by atoms with van der Waals surface area (Å²) in [4.78, 5) is 34.8. The SMILES string of the molecule is COc1cc([N+](=O)[O-])ccc1NC(=O)COC(=O)c1sc2cc(Cl)ccc2c1Cl. The summed E-state index contributed by atoms with van der Waals surface area (Å²) in [5.74, 6) is -1.30. The van der Waals surface area contributed by atoms with E-state index in [1.54, 1.807) is 18.2 Å². The summed E-state index contributed by atoms with van der Waals surface area (Å²) in [6, 6.07) is 8.74. The van der Waals surface area contributed by atoms with Gasteiger partial charge in [0.1, 0.15) is 10.6 Å². The fourth-order valence-corrected chi connectivity index (χ4v) is 4.13. The lowest BCUT2D eigenvalue weighted by Gasteiger charge is -2.10. The molecule has 1 N–H and O–H groups in total. The van der Waals surface area contributed by atoms with Gasteiger partial charge in [-0.2, -0.15) is 0 Å². The van der Waals surface area contributed by atoms with Crippen LogP contribution in [0.15, 0.2) is 36.4 Å². The topological polar surface area (TPSA) is 108 Å². The molecule has 0 radical (unpaired) electrons. The molecule has 150 valence electrons. The molecule has 1 amide bonds. The van der Waals surface area contributed by atoms with Crippen molar-refractivity contribution in [1.29, 1.82) is 0 Å². The number of hydrogen-bond donors (Lipinski definition) is 1. The molecule has 0 aliphatic heterocycles. The second-order valence-electron chi connectivity index (χ2n) is 5.65. The summed E-state index contributed by atoms with van der Waals surface area (Å²) < 4.78 is 10.8. The highest BCUT2D eigenvalue weighted by molar-refractivity contribution is 7.21. The molecule has 0 aliphatic carbocycles. The lowest BCUT2D eigenvalue weighted by atomic mass is 10.2. The van der Waals surface area contributed by atoms with E-state index in [1.807, 2.05) is 0 Å². The Morgan fingerprint density at radius 1 is 1.21 bits per heavy atom. The smallest absolute Gasteiger partial charge is 0.350 e. The van der Waals surface area contributed by atoms with Crippen LogP contribution in [-0.4, -0.2) is 30.5 Å². The zero-order chi connectivity index (χ0) is 21.1. The third kappa shape index (κ3) is 4.58. The number of anilines is 1. The summed E-state index contributed by atoms with van der Waals surface area (Å²) in [5.41, 5.74) is 0.0134. The molecule has 2 aromatic carbocycles. The van der Waals surface area contributed by atoms with Gasteiger partial charge in [0.05, 0.1) is 28.8 Å². The largest absolute Gasteiger partial charge is 0.494 e. The Bertz CT molecular complexity index is 1130. The highest BCUT2D eigenvalue weighted by Gasteiger charge is 2.20. The van der Waals surface area contributed by atoms with Gasteiger partial charge < -0.3 is 14.8 Å². The van der Waals surface area contributed by atoms with Crippen molar-refractivity contribution in [2.24, 2.45) is 0 Å². The van der Waals surface area contributed by atoms with Gasteiger partial charge in [-0.25, -0.2) is 4.79 Å². The fraction of sp³-hybridized carbons (Fsp3) is 0.111. The summed E-state index contributed by atoms with van der Waals surface area (Å²) >= 11 is 13.3. The molecule has 0 atom stereocenters. The number of nitro groups is 1. The van der Waals surface area contributed by atoms with E-state index in [0.29, 0.717) is 10.4 Å². The number of esters is 1. The second-order valence-corrected chi connectivity index (χ2v) is 7.52. The van der Waals surface area contributed by atoms with Crippen LogP contribution in [-0.2, 0) is 9.53 Å². The number of non-ortho nitro benzene ring substituents is 1. The Kier molecular flexibility index (Phi) is 6.21. The van der Waals surface area contributed by atoms with Crippen LogP contribution in [0.2, 0.25) is 10.0 Å². The van der Waals surface area contributed by atoms with Crippen LogP contribution in [0.25, 0.3) is 10.1 Å². The number of nitrogens with one attached hydrogen (secondary N) is 1. The molecule has 1 heterocycles. The third-order valence-corrected chi connectivity index (χ3v) is 5.65. The maximum atomic E-state index is 12.3. The van der Waals surface area contributed by atoms with E-state index in [-0.39, 0.29) is 27.0 Å². The molecule has 0 aliphatic rings. The van der Waals surface area contributed by atoms with Crippen molar-refractivity contribution in [3.8, 4) is 5.75 Å². The average Bonchev–Trinajstić information content (AvgIpc) is 3.02. The predicted octanol–water partition coefficient (Wildman–Crippen LogP) is 4.92. The standard InChI is InChI=1S/C18H12Cl2N2O6S/c1-27-13-7-10(22(25)26)3-5-12(13)21-15(23)8-28-18(24)17-16(20)11-4-2-9(19)6-14(11)29-17/h2-7H,8H2,1H3,(H,21,23). The van der Waals surface area contributed by atoms with Crippen molar-refractivity contribution < 1.29 is 24.0 Å². The minimum absolute atomic E-state index is 0.100. The lowest BCUT2D eigenvalue weighted by Crippen LogP contribution is -2.21. The van der Waals surface area contributed by atoms with Gasteiger partial charge >= 0.3 is 5.97 Å². The Morgan fingerprint density at radius 2 is 1.97 bits per heavy atom. The van der Waals surface area contributed by atoms with Gasteiger partial charge in [-0.15, -0.1) is 11.3 Å². The normalized spacial score (nSPS) is 10.6. The maximum absolute atomic E-state index is 12.3. The van der Waals surface area contributed by atoms with Crippen LogP contribution in [0.5, 0.6) is 5.75 Å². The van der Waals surface area contributed by atoms with Gasteiger partial charge in [-0.3, -0.25) is 14.9 Å². The first-order chi connectivity index (χ1) is 13.8. The van der Waals surface area contributed by atoms with Gasteiger partial charge in [0.2, 0.25) is 0 Å². The molecule has 0 saturated carbocycles. The molecule has 0 spiro atoms. The van der Waals surface area contributed by atoms with Crippen molar-refractivity contribution in [3.05, 3.63) is 61.4 Å². The number of carbonyl (C=O) groups is 2. The van der Waals surface area contributed by atoms with Crippen molar-refractivity contribution in [3.63, 3.8) is 0 Å². The van der Waals surface area contributed by atoms with Crippen LogP contribution in [0.4, 0.5) is 11.4 Å². The van der Waals surface area contributed by atoms with Gasteiger partial charge in [-0.1, -0.05) is 29.3 Å². The molecule has 0 bridgehead atoms. The van der Waals surface area contributed by atoms with Crippen LogP contribution >= 0.6 is 34.5 Å². The summed E-state index contributed by atoms with van der Waals surface area (Å²) in [7, 11) is 1.31. The first kappa shape index (κ1) is 20.8. The number of rotatable bonds is 6. The number of ether oxygens (including phenoxy) is 2. The summed E-state index contributed by atoms with van der Waals surface area (Å²) in [6.45, 7) is -0.579. The number of amides is 1. The molecule has 3 rings (SSSR count). The number of methoxy groups -OCH3 is 1. The minimum atomic E-state index is -0.752. The second kappa shape index (κ2) is 8.64. The quantitative estimate of drug-likeness (QED) is 0.321. The number of carbonyl (C=O) groups excluding carboxylic acids is 2. The molecular weight excluding hydrogens is 443 g/mol. The zero-order valence-electron chi connectivity index (χ0n) is 14.7. The van der Waals surface area contributed by atoms with Crippen LogP contribution in [0.3, 0.4) is 0 Å². The van der Waals surface area contributed by atoms with Crippen LogP contribution in [0.1, 0.15) is 9.67 Å². The average molecular weight is 455 g/mol. The van der Waals surface area contributed by atoms with E-state index in [0.717, 1.165) is 16.0 Å². The van der Waals surface area contributed by atoms with E-state index in [2.05, 4.69) is 5.32 Å². The van der Waals surface area contributed by atoms with Crippen molar-refractivity contribution in [2.45, 2.75) is 0 Å². The molecule has 1 aromatic heterocycles. The van der Waals surface area contributed by atoms with E-state index in [1.165, 1.54) is 25.3 Å². The van der Waals surface area contributed by atoms with Crippen LogP contribution < -0.4 is 10.1 Å². The first-order valence-corrected chi connectivity index (χ1v) is 9.54. The Morgan fingerprint density at radius 3 is 2.66 bits per heavy atom. The maximum Gasteiger partial charge on any atom is 0.350 e. The highest BCUT2D eigenvalue weighted by Crippen LogP contribution is 2.37. The van der Waals surface area contributed by atoms with E-state index in [9.17, 15) is 19.7 Å². The molecule has 3 aromatic rings. The van der Waals surface area contributed by atoms with Gasteiger partial charge in [0.15, 0.2) is 6.61 Å². The van der Waals surface area contributed by atoms with Gasteiger partial charge in [-0.05, 0) is 18.2 Å². The Hall–Kier alpha value is -2.88. The zero-order valence-corrected chi connectivity index (χ0v) is 17.1. The van der Waals surface area contributed by atoms with Crippen LogP contribution in [0, 0.1) is 10.1 Å².